The van der Waals surface area contributed by atoms with E-state index in [1.54, 1.807) is 31.2 Å². The van der Waals surface area contributed by atoms with Gasteiger partial charge in [0.15, 0.2) is 4.34 Å². The Hall–Kier alpha value is -1.85. The largest absolute Gasteiger partial charge is 0.494 e. The van der Waals surface area contributed by atoms with Crippen LogP contribution < -0.4 is 14.4 Å². The van der Waals surface area contributed by atoms with Gasteiger partial charge in [-0.05, 0) is 43.9 Å². The maximum atomic E-state index is 12.8. The highest BCUT2D eigenvalue weighted by atomic mass is 32.2. The Morgan fingerprint density at radius 2 is 1.96 bits per heavy atom. The maximum absolute atomic E-state index is 12.8. The standard InChI is InChI=1S/C16H22N4O4S3/c1-5-13(14(21)17-15-18-19-16(25-3)26-15)20(27(4,22)23)11-7-9-12(10-8-11)24-6-2/h7-10,13H,5-6H2,1-4H3,(H,17,18,21)/t13-/m1/s1. The third-order valence-corrected chi connectivity index (χ3v) is 6.54. The lowest BCUT2D eigenvalue weighted by molar-refractivity contribution is -0.117. The van der Waals surface area contributed by atoms with Crippen LogP contribution in [0, 0.1) is 0 Å². The van der Waals surface area contributed by atoms with Gasteiger partial charge in [-0.2, -0.15) is 0 Å². The van der Waals surface area contributed by atoms with E-state index in [0.717, 1.165) is 10.6 Å². The normalized spacial score (nSPS) is 12.4. The summed E-state index contributed by atoms with van der Waals surface area (Å²) in [4.78, 5) is 12.8. The average molecular weight is 431 g/mol. The number of aromatic nitrogens is 2. The number of carbonyl (C=O) groups is 1. The van der Waals surface area contributed by atoms with E-state index in [9.17, 15) is 13.2 Å². The van der Waals surface area contributed by atoms with Gasteiger partial charge in [-0.1, -0.05) is 30.0 Å². The lowest BCUT2D eigenvalue weighted by atomic mass is 10.2. The van der Waals surface area contributed by atoms with E-state index in [1.165, 1.54) is 23.1 Å². The van der Waals surface area contributed by atoms with Crippen LogP contribution in [0.25, 0.3) is 0 Å². The van der Waals surface area contributed by atoms with Crippen molar-refractivity contribution in [3.8, 4) is 5.75 Å². The molecule has 2 aromatic rings. The van der Waals surface area contributed by atoms with Gasteiger partial charge >= 0.3 is 0 Å². The van der Waals surface area contributed by atoms with Gasteiger partial charge in [0.25, 0.3) is 0 Å². The van der Waals surface area contributed by atoms with Crippen molar-refractivity contribution >= 4 is 49.8 Å². The third-order valence-electron chi connectivity index (χ3n) is 3.54. The number of anilines is 2. The molecule has 1 amide bonds. The van der Waals surface area contributed by atoms with Crippen molar-refractivity contribution in [2.45, 2.75) is 30.6 Å². The van der Waals surface area contributed by atoms with Gasteiger partial charge in [0, 0.05) is 0 Å². The number of nitrogens with one attached hydrogen (secondary N) is 1. The summed E-state index contributed by atoms with van der Waals surface area (Å²) in [6.45, 7) is 4.13. The van der Waals surface area contributed by atoms with E-state index in [4.69, 9.17) is 4.74 Å². The Balaban J connectivity index is 2.30. The second kappa shape index (κ2) is 9.38. The first kappa shape index (κ1) is 21.5. The fourth-order valence-corrected chi connectivity index (χ4v) is 4.83. The summed E-state index contributed by atoms with van der Waals surface area (Å²) in [7, 11) is -3.70. The van der Waals surface area contributed by atoms with Gasteiger partial charge in [0.1, 0.15) is 11.8 Å². The van der Waals surface area contributed by atoms with E-state index in [0.29, 0.717) is 33.9 Å². The molecule has 1 N–H and O–H groups in total. The molecule has 11 heteroatoms. The molecule has 1 aromatic heterocycles. The number of benzene rings is 1. The SMILES string of the molecule is CCOc1ccc(N([C@H](CC)C(=O)Nc2nnc(SC)s2)S(C)(=O)=O)cc1. The summed E-state index contributed by atoms with van der Waals surface area (Å²) in [6, 6.07) is 5.69. The summed E-state index contributed by atoms with van der Waals surface area (Å²) in [5.41, 5.74) is 0.394. The molecule has 27 heavy (non-hydrogen) atoms. The highest BCUT2D eigenvalue weighted by molar-refractivity contribution is 8.00. The maximum Gasteiger partial charge on any atom is 0.250 e. The van der Waals surface area contributed by atoms with Gasteiger partial charge in [0.2, 0.25) is 21.1 Å². The summed E-state index contributed by atoms with van der Waals surface area (Å²) >= 11 is 2.65. The number of amides is 1. The molecule has 0 bridgehead atoms. The quantitative estimate of drug-likeness (QED) is 0.482. The first-order valence-corrected chi connectivity index (χ1v) is 12.1. The number of ether oxygens (including phenoxy) is 1. The first-order chi connectivity index (χ1) is 12.8. The summed E-state index contributed by atoms with van der Waals surface area (Å²) < 4.78 is 32.1. The molecule has 148 valence electrons. The molecule has 0 radical (unpaired) electrons. The van der Waals surface area contributed by atoms with E-state index < -0.39 is 22.0 Å². The van der Waals surface area contributed by atoms with Crippen LogP contribution in [0.2, 0.25) is 0 Å². The molecular weight excluding hydrogens is 408 g/mol. The van der Waals surface area contributed by atoms with Crippen LogP contribution in [-0.2, 0) is 14.8 Å². The Bertz CT molecular complexity index is 868. The van der Waals surface area contributed by atoms with Crippen molar-refractivity contribution in [2.24, 2.45) is 0 Å². The second-order valence-electron chi connectivity index (χ2n) is 5.48. The fourth-order valence-electron chi connectivity index (χ4n) is 2.45. The van der Waals surface area contributed by atoms with Gasteiger partial charge in [-0.15, -0.1) is 10.2 Å². The zero-order valence-electron chi connectivity index (χ0n) is 15.5. The predicted molar refractivity (Wildman–Crippen MR) is 109 cm³/mol. The number of sulfonamides is 1. The second-order valence-corrected chi connectivity index (χ2v) is 9.37. The molecule has 0 aliphatic carbocycles. The zero-order chi connectivity index (χ0) is 20.0. The molecule has 0 fully saturated rings. The van der Waals surface area contributed by atoms with E-state index >= 15 is 0 Å². The highest BCUT2D eigenvalue weighted by Crippen LogP contribution is 2.27. The lowest BCUT2D eigenvalue weighted by Gasteiger charge is -2.29. The van der Waals surface area contributed by atoms with Crippen LogP contribution in [0.4, 0.5) is 10.8 Å². The van der Waals surface area contributed by atoms with Crippen LogP contribution in [0.1, 0.15) is 20.3 Å². The molecular formula is C16H22N4O4S3. The molecule has 1 heterocycles. The Kier molecular flexibility index (Phi) is 7.45. The molecule has 0 aliphatic heterocycles. The molecule has 0 unspecified atom stereocenters. The molecule has 0 spiro atoms. The Labute approximate surface area is 167 Å². The van der Waals surface area contributed by atoms with Crippen molar-refractivity contribution in [3.05, 3.63) is 24.3 Å². The van der Waals surface area contributed by atoms with Crippen LogP contribution in [0.15, 0.2) is 28.6 Å². The average Bonchev–Trinajstić information content (AvgIpc) is 3.07. The molecule has 1 atom stereocenters. The molecule has 0 saturated carbocycles. The van der Waals surface area contributed by atoms with E-state index in [-0.39, 0.29) is 0 Å². The monoisotopic (exact) mass is 430 g/mol. The smallest absolute Gasteiger partial charge is 0.250 e. The highest BCUT2D eigenvalue weighted by Gasteiger charge is 2.32. The zero-order valence-corrected chi connectivity index (χ0v) is 17.9. The minimum absolute atomic E-state index is 0.292. The van der Waals surface area contributed by atoms with Crippen molar-refractivity contribution in [1.82, 2.24) is 10.2 Å². The van der Waals surface area contributed by atoms with E-state index in [1.807, 2.05) is 13.2 Å². The predicted octanol–water partition coefficient (Wildman–Crippen LogP) is 2.84. The molecule has 0 aliphatic rings. The Morgan fingerprint density at radius 1 is 1.30 bits per heavy atom. The van der Waals surface area contributed by atoms with Gasteiger partial charge in [0.05, 0.1) is 18.6 Å². The summed E-state index contributed by atoms with van der Waals surface area (Å²) in [5, 5.41) is 10.8. The topological polar surface area (TPSA) is 101 Å². The minimum atomic E-state index is -3.70. The lowest BCUT2D eigenvalue weighted by Crippen LogP contribution is -2.47. The molecule has 1 aromatic carbocycles. The number of carbonyl (C=O) groups excluding carboxylic acids is 1. The number of rotatable bonds is 9. The van der Waals surface area contributed by atoms with Crippen LogP contribution >= 0.6 is 23.1 Å². The van der Waals surface area contributed by atoms with Gasteiger partial charge in [-0.3, -0.25) is 14.4 Å². The number of nitrogens with zero attached hydrogens (tertiary/aromatic N) is 3. The van der Waals surface area contributed by atoms with Crippen molar-refractivity contribution in [1.29, 1.82) is 0 Å². The van der Waals surface area contributed by atoms with E-state index in [2.05, 4.69) is 15.5 Å². The first-order valence-electron chi connectivity index (χ1n) is 8.20. The Morgan fingerprint density at radius 3 is 2.44 bits per heavy atom. The molecule has 0 saturated heterocycles. The minimum Gasteiger partial charge on any atom is -0.494 e. The summed E-state index contributed by atoms with van der Waals surface area (Å²) in [5.74, 6) is 0.172. The summed E-state index contributed by atoms with van der Waals surface area (Å²) in [6.07, 6.45) is 3.23. The number of hydrogen-bond donors (Lipinski definition) is 1. The van der Waals surface area contributed by atoms with Crippen LogP contribution in [0.5, 0.6) is 5.75 Å². The third kappa shape index (κ3) is 5.56. The van der Waals surface area contributed by atoms with Gasteiger partial charge < -0.3 is 4.74 Å². The van der Waals surface area contributed by atoms with Gasteiger partial charge in [-0.25, -0.2) is 8.42 Å². The van der Waals surface area contributed by atoms with Crippen molar-refractivity contribution in [2.75, 3.05) is 28.7 Å². The number of hydrogen-bond acceptors (Lipinski definition) is 8. The van der Waals surface area contributed by atoms with Crippen molar-refractivity contribution < 1.29 is 17.9 Å². The molecule has 8 nitrogen and oxygen atoms in total. The molecule has 2 rings (SSSR count). The fraction of sp³-hybridized carbons (Fsp3) is 0.438. The van der Waals surface area contributed by atoms with Crippen molar-refractivity contribution in [3.63, 3.8) is 0 Å². The number of thioether (sulfide) groups is 1. The van der Waals surface area contributed by atoms with Crippen LogP contribution in [-0.4, -0.2) is 49.7 Å². The van der Waals surface area contributed by atoms with Crippen LogP contribution in [0.3, 0.4) is 0 Å².